The highest BCUT2D eigenvalue weighted by Gasteiger charge is 2.38. The molecule has 10 heteroatoms. The third kappa shape index (κ3) is 4.63. The number of hydrogen-bond donors (Lipinski definition) is 1. The standard InChI is InChI=1S/C28H23F6N3O/c1-14(2)19-9-6-10-21-15(3)20-7-4-5-8-22(20)24(35-23(19)21)26-36-25(37-38-26)16-11-17(27(29,30)31)13-18(12-16)28(32,33)34/h4-15,24,35H,1-3H3. The van der Waals surface area contributed by atoms with Gasteiger partial charge in [0.05, 0.1) is 11.1 Å². The largest absolute Gasteiger partial charge is 0.416 e. The highest BCUT2D eigenvalue weighted by atomic mass is 19.4. The lowest BCUT2D eigenvalue weighted by Crippen LogP contribution is -2.14. The maximum atomic E-state index is 13.4. The Bertz CT molecular complexity index is 1460. The van der Waals surface area contributed by atoms with Crippen molar-refractivity contribution in [1.82, 2.24) is 10.1 Å². The molecule has 1 aliphatic rings. The predicted molar refractivity (Wildman–Crippen MR) is 130 cm³/mol. The third-order valence-electron chi connectivity index (χ3n) is 6.81. The van der Waals surface area contributed by atoms with Crippen molar-refractivity contribution in [2.45, 2.75) is 51.0 Å². The van der Waals surface area contributed by atoms with Gasteiger partial charge in [-0.05, 0) is 46.4 Å². The summed E-state index contributed by atoms with van der Waals surface area (Å²) in [6, 6.07) is 14.2. The fourth-order valence-electron chi connectivity index (χ4n) is 4.90. The molecule has 4 aromatic rings. The molecule has 3 aromatic carbocycles. The second-order valence-electron chi connectivity index (χ2n) is 9.64. The first-order chi connectivity index (χ1) is 17.8. The minimum atomic E-state index is -4.99. The van der Waals surface area contributed by atoms with Gasteiger partial charge in [0.15, 0.2) is 0 Å². The van der Waals surface area contributed by atoms with Crippen LogP contribution >= 0.6 is 0 Å². The van der Waals surface area contributed by atoms with E-state index in [1.54, 1.807) is 0 Å². The van der Waals surface area contributed by atoms with Crippen molar-refractivity contribution in [1.29, 1.82) is 0 Å². The summed E-state index contributed by atoms with van der Waals surface area (Å²) in [6.45, 7) is 6.20. The Kier molecular flexibility index (Phi) is 6.24. The second kappa shape index (κ2) is 9.18. The first kappa shape index (κ1) is 25.8. The van der Waals surface area contributed by atoms with E-state index in [0.29, 0.717) is 12.1 Å². The van der Waals surface area contributed by atoms with Gasteiger partial charge in [0.1, 0.15) is 6.04 Å². The molecule has 0 spiro atoms. The maximum absolute atomic E-state index is 13.4. The van der Waals surface area contributed by atoms with Gasteiger partial charge in [-0.1, -0.05) is 68.4 Å². The quantitative estimate of drug-likeness (QED) is 0.269. The molecule has 2 atom stereocenters. The van der Waals surface area contributed by atoms with Crippen molar-refractivity contribution in [3.8, 4) is 11.4 Å². The van der Waals surface area contributed by atoms with E-state index in [1.807, 2.05) is 42.5 Å². The lowest BCUT2D eigenvalue weighted by molar-refractivity contribution is -0.143. The molecule has 1 aromatic heterocycles. The first-order valence-electron chi connectivity index (χ1n) is 12.0. The maximum Gasteiger partial charge on any atom is 0.416 e. The molecule has 0 bridgehead atoms. The van der Waals surface area contributed by atoms with Crippen molar-refractivity contribution in [2.75, 3.05) is 5.32 Å². The van der Waals surface area contributed by atoms with Gasteiger partial charge < -0.3 is 9.84 Å². The summed E-state index contributed by atoms with van der Waals surface area (Å²) in [7, 11) is 0. The fraction of sp³-hybridized carbons (Fsp3) is 0.286. The van der Waals surface area contributed by atoms with Crippen molar-refractivity contribution >= 4 is 5.69 Å². The highest BCUT2D eigenvalue weighted by Crippen LogP contribution is 2.45. The van der Waals surface area contributed by atoms with Crippen LogP contribution in [-0.4, -0.2) is 10.1 Å². The van der Waals surface area contributed by atoms with Crippen LogP contribution in [0.5, 0.6) is 0 Å². The summed E-state index contributed by atoms with van der Waals surface area (Å²) in [6.07, 6.45) is -9.98. The highest BCUT2D eigenvalue weighted by molar-refractivity contribution is 5.66. The monoisotopic (exact) mass is 531 g/mol. The smallest absolute Gasteiger partial charge is 0.370 e. The Morgan fingerprint density at radius 3 is 2.03 bits per heavy atom. The molecular weight excluding hydrogens is 508 g/mol. The summed E-state index contributed by atoms with van der Waals surface area (Å²) in [4.78, 5) is 4.29. The molecule has 0 saturated heterocycles. The van der Waals surface area contributed by atoms with Gasteiger partial charge in [0, 0.05) is 17.2 Å². The van der Waals surface area contributed by atoms with Crippen LogP contribution in [0.3, 0.4) is 0 Å². The summed E-state index contributed by atoms with van der Waals surface area (Å²) >= 11 is 0. The van der Waals surface area contributed by atoms with Crippen LogP contribution in [0.2, 0.25) is 0 Å². The number of benzene rings is 3. The van der Waals surface area contributed by atoms with Gasteiger partial charge in [0.25, 0.3) is 5.89 Å². The number of rotatable bonds is 3. The predicted octanol–water partition coefficient (Wildman–Crippen LogP) is 8.56. The molecule has 5 rings (SSSR count). The number of alkyl halides is 6. The zero-order valence-corrected chi connectivity index (χ0v) is 20.6. The molecule has 1 N–H and O–H groups in total. The Labute approximate surface area is 214 Å². The number of anilines is 1. The number of nitrogens with one attached hydrogen (secondary N) is 1. The molecule has 198 valence electrons. The van der Waals surface area contributed by atoms with E-state index in [1.165, 1.54) is 0 Å². The van der Waals surface area contributed by atoms with Crippen molar-refractivity contribution < 1.29 is 30.9 Å². The first-order valence-corrected chi connectivity index (χ1v) is 12.0. The molecule has 2 heterocycles. The second-order valence-corrected chi connectivity index (χ2v) is 9.64. The Hall–Kier alpha value is -3.82. The van der Waals surface area contributed by atoms with E-state index in [-0.39, 0.29) is 29.6 Å². The van der Waals surface area contributed by atoms with Crippen LogP contribution < -0.4 is 5.32 Å². The van der Waals surface area contributed by atoms with E-state index in [4.69, 9.17) is 4.52 Å². The Morgan fingerprint density at radius 2 is 1.42 bits per heavy atom. The van der Waals surface area contributed by atoms with Gasteiger partial charge in [-0.2, -0.15) is 31.3 Å². The number of para-hydroxylation sites is 1. The van der Waals surface area contributed by atoms with Crippen molar-refractivity contribution in [2.24, 2.45) is 0 Å². The molecule has 0 aliphatic carbocycles. The normalized spacial score (nSPS) is 17.5. The molecule has 2 unspecified atom stereocenters. The molecule has 0 saturated carbocycles. The minimum absolute atomic E-state index is 0.00222. The van der Waals surface area contributed by atoms with E-state index in [2.05, 4.69) is 36.2 Å². The van der Waals surface area contributed by atoms with Crippen LogP contribution in [0.1, 0.15) is 77.9 Å². The van der Waals surface area contributed by atoms with Gasteiger partial charge in [0.2, 0.25) is 5.82 Å². The molecule has 0 amide bonds. The average Bonchev–Trinajstić information content (AvgIpc) is 3.31. The summed E-state index contributed by atoms with van der Waals surface area (Å²) in [5, 5.41) is 7.28. The van der Waals surface area contributed by atoms with E-state index < -0.39 is 35.1 Å². The van der Waals surface area contributed by atoms with Gasteiger partial charge in [-0.25, -0.2) is 0 Å². The number of aromatic nitrogens is 2. The van der Waals surface area contributed by atoms with Crippen molar-refractivity contribution in [3.63, 3.8) is 0 Å². The molecular formula is C28H23F6N3O. The van der Waals surface area contributed by atoms with E-state index >= 15 is 0 Å². The molecule has 1 aliphatic heterocycles. The van der Waals surface area contributed by atoms with E-state index in [9.17, 15) is 26.3 Å². The number of fused-ring (bicyclic) bond motifs is 2. The topological polar surface area (TPSA) is 51.0 Å². The van der Waals surface area contributed by atoms with E-state index in [0.717, 1.165) is 27.9 Å². The molecule has 0 fully saturated rings. The van der Waals surface area contributed by atoms with Crippen LogP contribution in [-0.2, 0) is 12.4 Å². The van der Waals surface area contributed by atoms with Gasteiger partial charge in [-0.15, -0.1) is 0 Å². The average molecular weight is 532 g/mol. The van der Waals surface area contributed by atoms with Crippen LogP contribution in [0.4, 0.5) is 32.0 Å². The molecule has 4 nitrogen and oxygen atoms in total. The zero-order chi connectivity index (χ0) is 27.4. The minimum Gasteiger partial charge on any atom is -0.370 e. The SMILES string of the molecule is CC(C)c1cccc2c1NC(c1nc(-c3cc(C(F)(F)F)cc(C(F)(F)F)c3)no1)c1ccccc1C2C. The van der Waals surface area contributed by atoms with Crippen molar-refractivity contribution in [3.05, 3.63) is 99.9 Å². The number of halogens is 6. The Balaban J connectivity index is 1.65. The lowest BCUT2D eigenvalue weighted by atomic mass is 9.87. The summed E-state index contributed by atoms with van der Waals surface area (Å²) in [5.41, 5.74) is 1.46. The molecule has 38 heavy (non-hydrogen) atoms. The lowest BCUT2D eigenvalue weighted by Gasteiger charge is -2.21. The van der Waals surface area contributed by atoms with Crippen LogP contribution in [0, 0.1) is 0 Å². The summed E-state index contributed by atoms with van der Waals surface area (Å²) in [5.74, 6) is -0.171. The van der Waals surface area contributed by atoms with Gasteiger partial charge >= 0.3 is 12.4 Å². The summed E-state index contributed by atoms with van der Waals surface area (Å²) < 4.78 is 85.9. The fourth-order valence-corrected chi connectivity index (χ4v) is 4.90. The number of hydrogen-bond acceptors (Lipinski definition) is 4. The molecule has 0 radical (unpaired) electrons. The van der Waals surface area contributed by atoms with Gasteiger partial charge in [-0.3, -0.25) is 0 Å². The van der Waals surface area contributed by atoms with Crippen LogP contribution in [0.15, 0.2) is 65.2 Å². The third-order valence-corrected chi connectivity index (χ3v) is 6.81. The zero-order valence-electron chi connectivity index (χ0n) is 20.6. The number of nitrogens with zero attached hydrogens (tertiary/aromatic N) is 2. The Morgan fingerprint density at radius 1 is 0.816 bits per heavy atom. The van der Waals surface area contributed by atoms with Crippen LogP contribution in [0.25, 0.3) is 11.4 Å².